The molecule has 4 aromatic rings. The van der Waals surface area contributed by atoms with E-state index in [0.717, 1.165) is 28.1 Å². The molecule has 1 aromatic carbocycles. The maximum atomic E-state index is 11.7. The van der Waals surface area contributed by atoms with Gasteiger partial charge in [-0.05, 0) is 36.4 Å². The van der Waals surface area contributed by atoms with E-state index in [-0.39, 0.29) is 0 Å². The third-order valence-corrected chi connectivity index (χ3v) is 3.88. The second-order valence-corrected chi connectivity index (χ2v) is 5.27. The summed E-state index contributed by atoms with van der Waals surface area (Å²) in [6, 6.07) is 13.1. The Labute approximate surface area is 131 Å². The first-order valence-electron chi connectivity index (χ1n) is 7.18. The van der Waals surface area contributed by atoms with Gasteiger partial charge in [0.25, 0.3) is 0 Å². The molecule has 6 heteroatoms. The van der Waals surface area contributed by atoms with Crippen molar-refractivity contribution in [2.45, 2.75) is 6.54 Å². The van der Waals surface area contributed by atoms with Crippen LogP contribution in [0.15, 0.2) is 59.3 Å². The summed E-state index contributed by atoms with van der Waals surface area (Å²) in [4.78, 5) is 11.7. The minimum absolute atomic E-state index is 0.443. The summed E-state index contributed by atoms with van der Waals surface area (Å²) in [5.41, 5.74) is 8.71. The third-order valence-electron chi connectivity index (χ3n) is 3.88. The highest BCUT2D eigenvalue weighted by molar-refractivity contribution is 6.07. The molecular formula is C17H14N4O2. The van der Waals surface area contributed by atoms with Gasteiger partial charge in [-0.2, -0.15) is 5.10 Å². The van der Waals surface area contributed by atoms with Crippen LogP contribution in [-0.2, 0) is 6.54 Å². The summed E-state index contributed by atoms with van der Waals surface area (Å²) in [7, 11) is 0. The van der Waals surface area contributed by atoms with E-state index in [4.69, 9.17) is 10.2 Å². The Kier molecular flexibility index (Phi) is 3.01. The van der Waals surface area contributed by atoms with Crippen LogP contribution < -0.4 is 5.73 Å². The number of aromatic amines is 1. The standard InChI is InChI=1S/C17H14N4O2/c18-17(22)12-4-1-5-15-13(12)9-16(14-6-7-19-20-14)21(15)10-11-3-2-8-23-11/h1-9H,10H2,(H2,18,22)(H,19,20). The first-order chi connectivity index (χ1) is 11.2. The number of nitrogens with two attached hydrogens (primary N) is 1. The van der Waals surface area contributed by atoms with Crippen molar-refractivity contribution in [2.24, 2.45) is 5.73 Å². The van der Waals surface area contributed by atoms with E-state index in [9.17, 15) is 4.79 Å². The smallest absolute Gasteiger partial charge is 0.249 e. The van der Waals surface area contributed by atoms with E-state index in [1.54, 1.807) is 18.5 Å². The van der Waals surface area contributed by atoms with E-state index < -0.39 is 5.91 Å². The van der Waals surface area contributed by atoms with Gasteiger partial charge >= 0.3 is 0 Å². The van der Waals surface area contributed by atoms with E-state index in [0.29, 0.717) is 12.1 Å². The molecule has 3 N–H and O–H groups in total. The lowest BCUT2D eigenvalue weighted by Gasteiger charge is -2.08. The first kappa shape index (κ1) is 13.4. The van der Waals surface area contributed by atoms with E-state index >= 15 is 0 Å². The molecule has 6 nitrogen and oxygen atoms in total. The number of furan rings is 1. The zero-order chi connectivity index (χ0) is 15.8. The van der Waals surface area contributed by atoms with Gasteiger partial charge in [0.15, 0.2) is 0 Å². The number of H-pyrrole nitrogens is 1. The minimum atomic E-state index is -0.443. The lowest BCUT2D eigenvalue weighted by Crippen LogP contribution is -2.11. The Hall–Kier alpha value is -3.28. The van der Waals surface area contributed by atoms with E-state index in [2.05, 4.69) is 14.8 Å². The molecule has 0 unspecified atom stereocenters. The Balaban J connectivity index is 1.98. The molecule has 0 saturated heterocycles. The van der Waals surface area contributed by atoms with Crippen LogP contribution >= 0.6 is 0 Å². The number of fused-ring (bicyclic) bond motifs is 1. The van der Waals surface area contributed by atoms with Crippen molar-refractivity contribution in [1.82, 2.24) is 14.8 Å². The van der Waals surface area contributed by atoms with Crippen LogP contribution in [0.3, 0.4) is 0 Å². The number of rotatable bonds is 4. The molecule has 0 aliphatic rings. The molecule has 0 spiro atoms. The summed E-state index contributed by atoms with van der Waals surface area (Å²) in [5, 5.41) is 7.79. The number of aromatic nitrogens is 3. The zero-order valence-corrected chi connectivity index (χ0v) is 12.2. The number of hydrogen-bond donors (Lipinski definition) is 2. The third kappa shape index (κ3) is 2.20. The number of carbonyl (C=O) groups is 1. The molecule has 1 amide bonds. The highest BCUT2D eigenvalue weighted by atomic mass is 16.3. The molecule has 23 heavy (non-hydrogen) atoms. The first-order valence-corrected chi connectivity index (χ1v) is 7.18. The lowest BCUT2D eigenvalue weighted by molar-refractivity contribution is 0.100. The Bertz CT molecular complexity index is 966. The van der Waals surface area contributed by atoms with Gasteiger partial charge in [0.05, 0.1) is 24.2 Å². The van der Waals surface area contributed by atoms with Crippen molar-refractivity contribution >= 4 is 16.8 Å². The molecule has 0 radical (unpaired) electrons. The van der Waals surface area contributed by atoms with Crippen molar-refractivity contribution in [3.05, 3.63) is 66.2 Å². The van der Waals surface area contributed by atoms with Gasteiger partial charge in [-0.25, -0.2) is 0 Å². The molecule has 0 atom stereocenters. The van der Waals surface area contributed by atoms with Gasteiger partial charge in [-0.15, -0.1) is 0 Å². The molecule has 0 fully saturated rings. The molecule has 114 valence electrons. The fourth-order valence-corrected chi connectivity index (χ4v) is 2.85. The number of carbonyl (C=O) groups excluding carboxylic acids is 1. The Morgan fingerprint density at radius 1 is 1.26 bits per heavy atom. The molecule has 0 aliphatic carbocycles. The van der Waals surface area contributed by atoms with Crippen LogP contribution in [0.25, 0.3) is 22.3 Å². The van der Waals surface area contributed by atoms with Crippen LogP contribution in [0.2, 0.25) is 0 Å². The number of nitrogens with zero attached hydrogens (tertiary/aromatic N) is 2. The predicted octanol–water partition coefficient (Wildman–Crippen LogP) is 2.77. The van der Waals surface area contributed by atoms with E-state index in [1.165, 1.54) is 0 Å². The zero-order valence-electron chi connectivity index (χ0n) is 12.2. The van der Waals surface area contributed by atoms with Gasteiger partial charge in [-0.3, -0.25) is 9.89 Å². The average Bonchev–Trinajstić information content (AvgIpc) is 3.27. The molecule has 3 aromatic heterocycles. The van der Waals surface area contributed by atoms with Crippen LogP contribution in [0.5, 0.6) is 0 Å². The van der Waals surface area contributed by atoms with E-state index in [1.807, 2.05) is 36.4 Å². The number of amides is 1. The predicted molar refractivity (Wildman–Crippen MR) is 85.8 cm³/mol. The minimum Gasteiger partial charge on any atom is -0.467 e. The number of primary amides is 1. The lowest BCUT2D eigenvalue weighted by atomic mass is 10.1. The van der Waals surface area contributed by atoms with Crippen LogP contribution in [0.1, 0.15) is 16.1 Å². The highest BCUT2D eigenvalue weighted by Crippen LogP contribution is 2.30. The van der Waals surface area contributed by atoms with Gasteiger partial charge in [0.1, 0.15) is 5.76 Å². The molecule has 0 aliphatic heterocycles. The van der Waals surface area contributed by atoms with Gasteiger partial charge in [-0.1, -0.05) is 6.07 Å². The summed E-state index contributed by atoms with van der Waals surface area (Å²) in [5.74, 6) is 0.384. The van der Waals surface area contributed by atoms with Crippen molar-refractivity contribution < 1.29 is 9.21 Å². The van der Waals surface area contributed by atoms with Gasteiger partial charge in [0.2, 0.25) is 5.91 Å². The fraction of sp³-hybridized carbons (Fsp3) is 0.0588. The quantitative estimate of drug-likeness (QED) is 0.607. The molecular weight excluding hydrogens is 292 g/mol. The summed E-state index contributed by atoms with van der Waals surface area (Å²) in [6.45, 7) is 0.549. The molecule has 0 bridgehead atoms. The molecule has 0 saturated carbocycles. The van der Waals surface area contributed by atoms with Crippen LogP contribution in [0.4, 0.5) is 0 Å². The SMILES string of the molecule is NC(=O)c1cccc2c1cc(-c1ccn[nH]1)n2Cc1ccco1. The topological polar surface area (TPSA) is 89.8 Å². The maximum absolute atomic E-state index is 11.7. The number of nitrogens with one attached hydrogen (secondary N) is 1. The monoisotopic (exact) mass is 306 g/mol. The normalized spacial score (nSPS) is 11.1. The van der Waals surface area contributed by atoms with Crippen LogP contribution in [-0.4, -0.2) is 20.7 Å². The Morgan fingerprint density at radius 3 is 2.87 bits per heavy atom. The van der Waals surface area contributed by atoms with Gasteiger partial charge < -0.3 is 14.7 Å². The van der Waals surface area contributed by atoms with Crippen LogP contribution in [0, 0.1) is 0 Å². The summed E-state index contributed by atoms with van der Waals surface area (Å²) >= 11 is 0. The fourth-order valence-electron chi connectivity index (χ4n) is 2.85. The molecule has 4 rings (SSSR count). The number of benzene rings is 1. The largest absolute Gasteiger partial charge is 0.467 e. The highest BCUT2D eigenvalue weighted by Gasteiger charge is 2.16. The van der Waals surface area contributed by atoms with Crippen molar-refractivity contribution in [3.8, 4) is 11.4 Å². The summed E-state index contributed by atoms with van der Waals surface area (Å²) in [6.07, 6.45) is 3.34. The average molecular weight is 306 g/mol. The second-order valence-electron chi connectivity index (χ2n) is 5.27. The van der Waals surface area contributed by atoms with Crippen molar-refractivity contribution in [1.29, 1.82) is 0 Å². The number of hydrogen-bond acceptors (Lipinski definition) is 3. The molecule has 3 heterocycles. The van der Waals surface area contributed by atoms with Crippen molar-refractivity contribution in [2.75, 3.05) is 0 Å². The maximum Gasteiger partial charge on any atom is 0.249 e. The second kappa shape index (κ2) is 5.17. The van der Waals surface area contributed by atoms with Gasteiger partial charge in [0, 0.05) is 22.7 Å². The summed E-state index contributed by atoms with van der Waals surface area (Å²) < 4.78 is 7.54. The Morgan fingerprint density at radius 2 is 2.17 bits per heavy atom. The van der Waals surface area contributed by atoms with Crippen molar-refractivity contribution in [3.63, 3.8) is 0 Å².